The first-order valence-electron chi connectivity index (χ1n) is 23.1. The third kappa shape index (κ3) is 20.7. The molecule has 2 saturated heterocycles. The zero-order chi connectivity index (χ0) is 53.3. The molecule has 0 aromatic carbocycles. The molecule has 2 aromatic heterocycles. The molecule has 0 bridgehead atoms. The Labute approximate surface area is 419 Å². The predicted octanol–water partition coefficient (Wildman–Crippen LogP) is -0.923. The lowest BCUT2D eigenvalue weighted by atomic mass is 9.87. The molecule has 2 unspecified atom stereocenters. The number of phosphoric ester groups is 3. The van der Waals surface area contributed by atoms with E-state index in [0.717, 1.165) is 86.8 Å². The van der Waals surface area contributed by atoms with Crippen LogP contribution in [-0.4, -0.2) is 145 Å². The minimum atomic E-state index is -5.93. The summed E-state index contributed by atoms with van der Waals surface area (Å²) in [7, 11) is -17.7. The highest BCUT2D eigenvalue weighted by Gasteiger charge is 2.47. The Bertz CT molecular complexity index is 2240. The van der Waals surface area contributed by atoms with E-state index in [1.54, 1.807) is 6.92 Å². The van der Waals surface area contributed by atoms with Crippen molar-refractivity contribution in [3.63, 3.8) is 0 Å². The van der Waals surface area contributed by atoms with Crippen molar-refractivity contribution in [3.05, 3.63) is 24.8 Å². The van der Waals surface area contributed by atoms with Crippen LogP contribution >= 0.6 is 35.2 Å². The average molecular weight is 1100 g/mol. The van der Waals surface area contributed by atoms with Crippen molar-refractivity contribution in [1.82, 2.24) is 30.2 Å². The highest BCUT2D eigenvalue weighted by atomic mass is 32.2. The van der Waals surface area contributed by atoms with Crippen molar-refractivity contribution in [2.24, 2.45) is 5.41 Å². The number of anilines is 1. The number of nitrogens with one attached hydrogen (secondary N) is 2. The van der Waals surface area contributed by atoms with E-state index in [4.69, 9.17) is 19.9 Å². The Morgan fingerprint density at radius 1 is 0.944 bits per heavy atom. The third-order valence-corrected chi connectivity index (χ3v) is 15.1. The van der Waals surface area contributed by atoms with Crippen molar-refractivity contribution in [3.8, 4) is 0 Å². The number of nitrogens with two attached hydrogens (primary N) is 1. The Hall–Kier alpha value is -2.86. The van der Waals surface area contributed by atoms with Crippen LogP contribution in [0.25, 0.3) is 11.2 Å². The van der Waals surface area contributed by atoms with Crippen molar-refractivity contribution in [1.29, 1.82) is 0 Å². The minimum absolute atomic E-state index is 0.0266. The summed E-state index contributed by atoms with van der Waals surface area (Å²) >= 11 is 1.02. The molecule has 4 rings (SSSR count). The number of allylic oxidation sites excluding steroid dienone is 1. The van der Waals surface area contributed by atoms with Crippen LogP contribution in [0.1, 0.15) is 97.6 Å². The second kappa shape index (κ2) is 28.9. The summed E-state index contributed by atoms with van der Waals surface area (Å²) in [5.41, 5.74) is 4.06. The Morgan fingerprint density at radius 2 is 1.61 bits per heavy atom. The van der Waals surface area contributed by atoms with Crippen LogP contribution in [0, 0.1) is 5.41 Å². The van der Waals surface area contributed by atoms with Gasteiger partial charge < -0.3 is 88.7 Å². The van der Waals surface area contributed by atoms with Gasteiger partial charge in [-0.3, -0.25) is 28.1 Å². The number of hydrogen-bond donors (Lipinski definition) is 7. The van der Waals surface area contributed by atoms with Crippen LogP contribution in [0.15, 0.2) is 24.8 Å². The fourth-order valence-electron chi connectivity index (χ4n) is 7.20. The second-order valence-corrected chi connectivity index (χ2v) is 22.8. The zero-order valence-corrected chi connectivity index (χ0v) is 43.4. The minimum Gasteiger partial charge on any atom is -0.790 e. The van der Waals surface area contributed by atoms with E-state index < -0.39 is 103 Å². The van der Waals surface area contributed by atoms with Gasteiger partial charge in [0.1, 0.15) is 42.4 Å². The SMILES string of the molecule is C[C@@H]1O[C@@H](OCCCCCCCCCC/C=C/C(=O)SCCNC(=O)CCNC(=O)[C@H](O)C(C)(C)COP(=O)([O-])OP(=O)([O-])OC[C@H]2O[C@@H](n3cnc4c(N)ncnc43)[C@H](O)[C@@H]2OP(=O)([O-])[O-])[C@H](O)C[C@H]1O. The molecule has 0 aliphatic carbocycles. The molecule has 0 radical (unpaired) electrons. The third-order valence-electron chi connectivity index (χ3n) is 11.2. The number of unbranched alkanes of at least 4 members (excludes halogenated alkanes) is 8. The maximum absolute atomic E-state index is 12.7. The molecule has 4 heterocycles. The van der Waals surface area contributed by atoms with Crippen molar-refractivity contribution >= 4 is 69.1 Å². The van der Waals surface area contributed by atoms with Gasteiger partial charge in [0.25, 0.3) is 15.6 Å². The van der Waals surface area contributed by atoms with Crippen LogP contribution in [0.5, 0.6) is 0 Å². The topological polar surface area (TPSA) is 434 Å². The number of fused-ring (bicyclic) bond motifs is 1. The molecule has 28 nitrogen and oxygen atoms in total. The number of ether oxygens (including phenoxy) is 3. The number of phosphoric acid groups is 3. The molecule has 32 heteroatoms. The molecule has 0 spiro atoms. The first-order valence-corrected chi connectivity index (χ1v) is 28.4. The average Bonchev–Trinajstić information content (AvgIpc) is 3.86. The maximum atomic E-state index is 12.7. The number of aromatic nitrogens is 4. The van der Waals surface area contributed by atoms with Crippen LogP contribution < -0.4 is 35.9 Å². The largest absolute Gasteiger partial charge is 0.790 e. The molecule has 8 N–H and O–H groups in total. The number of hydrogen-bond acceptors (Lipinski definition) is 26. The van der Waals surface area contributed by atoms with Crippen molar-refractivity contribution in [2.45, 2.75) is 147 Å². The standard InChI is InChI=1S/C40H68N7O21P3S/c1-25-26(48)20-27(49)39(65-25)62-18-13-11-9-7-5-4-6-8-10-12-14-30(51)72-19-17-42-29(50)15-16-43-37(54)34(53)40(2,3)22-64-71(60,61)68-70(58,59)63-21-28-33(67-69(55,56)57)32(52)38(66-28)47-24-46-31-35(41)44-23-45-36(31)47/h12,14,23-28,32-34,38-39,48-49,52-53H,4-11,13,15-22H2,1-3H3,(H,42,50)(H,43,54)(H,58,59)(H,60,61)(H2,41,44,45)(H2,55,56,57)/p-4/b14-12+/t25-,26+,27+,28+,32+,33+,34-,38+,39+/m0/s1. The first kappa shape index (κ1) is 61.7. The molecule has 0 saturated carbocycles. The Morgan fingerprint density at radius 3 is 2.31 bits per heavy atom. The van der Waals surface area contributed by atoms with E-state index in [2.05, 4.69) is 43.5 Å². The number of imidazole rings is 1. The lowest BCUT2D eigenvalue weighted by Gasteiger charge is -2.36. The van der Waals surface area contributed by atoms with Crippen LogP contribution in [0.2, 0.25) is 0 Å². The number of carbonyl (C=O) groups is 3. The van der Waals surface area contributed by atoms with E-state index in [1.807, 2.05) is 6.08 Å². The number of nitrogens with zero attached hydrogens (tertiary/aromatic N) is 4. The fraction of sp³-hybridized carbons (Fsp3) is 0.750. The molecular weight excluding hydrogens is 1040 g/mol. The molecule has 2 aromatic rings. The number of aliphatic hydroxyl groups excluding tert-OH is 4. The van der Waals surface area contributed by atoms with Gasteiger partial charge in [0.2, 0.25) is 16.9 Å². The Balaban J connectivity index is 1.04. The smallest absolute Gasteiger partial charge is 0.274 e. The molecular formula is C40H64N7O21P3S-4. The van der Waals surface area contributed by atoms with Crippen molar-refractivity contribution < 1.29 is 100 Å². The number of thioether (sulfide) groups is 1. The van der Waals surface area contributed by atoms with E-state index in [9.17, 15) is 68.1 Å². The van der Waals surface area contributed by atoms with Gasteiger partial charge in [0, 0.05) is 43.7 Å². The molecule has 2 aliphatic rings. The van der Waals surface area contributed by atoms with Crippen LogP contribution in [-0.2, 0) is 60.2 Å². The van der Waals surface area contributed by atoms with Crippen LogP contribution in [0.3, 0.4) is 0 Å². The van der Waals surface area contributed by atoms with Gasteiger partial charge in [0.05, 0.1) is 39.6 Å². The molecule has 2 aliphatic heterocycles. The van der Waals surface area contributed by atoms with Gasteiger partial charge in [-0.25, -0.2) is 19.3 Å². The Kier molecular flexibility index (Phi) is 24.7. The van der Waals surface area contributed by atoms with Gasteiger partial charge >= 0.3 is 0 Å². The van der Waals surface area contributed by atoms with Gasteiger partial charge in [-0.15, -0.1) is 0 Å². The van der Waals surface area contributed by atoms with E-state index in [0.29, 0.717) is 12.4 Å². The van der Waals surface area contributed by atoms with Gasteiger partial charge in [0.15, 0.2) is 24.0 Å². The molecule has 2 fully saturated rings. The van der Waals surface area contributed by atoms with Crippen molar-refractivity contribution in [2.75, 3.05) is 44.4 Å². The van der Waals surface area contributed by atoms with Gasteiger partial charge in [-0.2, -0.15) is 0 Å². The summed E-state index contributed by atoms with van der Waals surface area (Å²) < 4.78 is 72.0. The molecule has 11 atom stereocenters. The number of rotatable bonds is 32. The van der Waals surface area contributed by atoms with E-state index in [-0.39, 0.29) is 54.1 Å². The summed E-state index contributed by atoms with van der Waals surface area (Å²) in [5.74, 6) is -1.29. The molecule has 410 valence electrons. The molecule has 72 heavy (non-hydrogen) atoms. The normalized spacial score (nSPS) is 25.0. The fourth-order valence-corrected chi connectivity index (χ4v) is 10.5. The lowest BCUT2D eigenvalue weighted by Crippen LogP contribution is -2.47. The predicted molar refractivity (Wildman–Crippen MR) is 246 cm³/mol. The highest BCUT2D eigenvalue weighted by Crippen LogP contribution is 2.56. The summed E-state index contributed by atoms with van der Waals surface area (Å²) in [6.45, 7) is 2.27. The number of nitrogen functional groups attached to an aromatic ring is 1. The lowest BCUT2D eigenvalue weighted by molar-refractivity contribution is -0.347. The quantitative estimate of drug-likeness (QED) is 0.0264. The van der Waals surface area contributed by atoms with Crippen LogP contribution in [0.4, 0.5) is 5.82 Å². The second-order valence-electron chi connectivity index (χ2n) is 17.6. The maximum Gasteiger partial charge on any atom is 0.274 e. The van der Waals surface area contributed by atoms with Gasteiger partial charge in [-0.05, 0) is 32.3 Å². The van der Waals surface area contributed by atoms with Gasteiger partial charge in [-0.1, -0.05) is 70.2 Å². The van der Waals surface area contributed by atoms with E-state index >= 15 is 0 Å². The summed E-state index contributed by atoms with van der Waals surface area (Å²) in [6.07, 6.45) is 2.35. The molecule has 2 amide bonds. The summed E-state index contributed by atoms with van der Waals surface area (Å²) in [6, 6.07) is 0. The summed E-state index contributed by atoms with van der Waals surface area (Å²) in [5, 5.41) is 45.9. The zero-order valence-electron chi connectivity index (χ0n) is 39.9. The number of aliphatic hydroxyl groups is 4. The van der Waals surface area contributed by atoms with E-state index in [1.165, 1.54) is 19.9 Å². The number of carbonyl (C=O) groups excluding carboxylic acids is 3. The number of amides is 2. The monoisotopic (exact) mass is 1100 g/mol. The summed E-state index contributed by atoms with van der Waals surface area (Å²) in [4.78, 5) is 96.9. The first-order chi connectivity index (χ1) is 33.8. The highest BCUT2D eigenvalue weighted by molar-refractivity contribution is 8.14.